The van der Waals surface area contributed by atoms with Gasteiger partial charge in [-0.05, 0) is 25.0 Å². The summed E-state index contributed by atoms with van der Waals surface area (Å²) >= 11 is 6.13. The number of halogens is 2. The first-order valence-corrected chi connectivity index (χ1v) is 10.1. The fraction of sp³-hybridized carbons (Fsp3) is 0.550. The molecule has 1 aromatic rings. The highest BCUT2D eigenvalue weighted by Gasteiger charge is 2.35. The molecule has 0 aromatic heterocycles. The van der Waals surface area contributed by atoms with E-state index in [0.717, 1.165) is 0 Å². The van der Waals surface area contributed by atoms with Crippen LogP contribution in [0.5, 0.6) is 0 Å². The van der Waals surface area contributed by atoms with Crippen molar-refractivity contribution in [2.45, 2.75) is 31.8 Å². The molecule has 2 saturated heterocycles. The molecular formula is C20H25ClFN3O4. The van der Waals surface area contributed by atoms with E-state index < -0.39 is 11.9 Å². The number of carbonyl (C=O) groups is 3. The quantitative estimate of drug-likeness (QED) is 0.725. The average molecular weight is 426 g/mol. The van der Waals surface area contributed by atoms with Crippen LogP contribution in [0.15, 0.2) is 18.2 Å². The number of rotatable bonds is 5. The van der Waals surface area contributed by atoms with Crippen LogP contribution in [-0.4, -0.2) is 66.9 Å². The summed E-state index contributed by atoms with van der Waals surface area (Å²) in [6.07, 6.45) is 1.09. The van der Waals surface area contributed by atoms with Crippen LogP contribution in [0.3, 0.4) is 0 Å². The van der Waals surface area contributed by atoms with Crippen LogP contribution in [0.4, 0.5) is 4.39 Å². The number of benzene rings is 1. The third kappa shape index (κ3) is 5.05. The SMILES string of the molecule is COC(=O)C1CCN(C(=O)CC2C(=O)NCCN2Cc2c(F)cccc2Cl)CC1. The zero-order chi connectivity index (χ0) is 21.0. The van der Waals surface area contributed by atoms with E-state index in [2.05, 4.69) is 5.32 Å². The molecule has 2 fully saturated rings. The van der Waals surface area contributed by atoms with Crippen LogP contribution in [0.25, 0.3) is 0 Å². The Morgan fingerprint density at radius 2 is 2.00 bits per heavy atom. The van der Waals surface area contributed by atoms with Crippen LogP contribution in [0.1, 0.15) is 24.8 Å². The molecule has 2 heterocycles. The van der Waals surface area contributed by atoms with Crippen LogP contribution < -0.4 is 5.32 Å². The minimum absolute atomic E-state index is 0.000790. The number of hydrogen-bond donors (Lipinski definition) is 1. The van der Waals surface area contributed by atoms with Gasteiger partial charge in [-0.25, -0.2) is 4.39 Å². The van der Waals surface area contributed by atoms with E-state index in [1.54, 1.807) is 15.9 Å². The molecule has 158 valence electrons. The van der Waals surface area contributed by atoms with Gasteiger partial charge in [0.15, 0.2) is 0 Å². The predicted molar refractivity (Wildman–Crippen MR) is 105 cm³/mol. The van der Waals surface area contributed by atoms with E-state index in [0.29, 0.717) is 49.6 Å². The molecule has 2 aliphatic heterocycles. The third-order valence-corrected chi connectivity index (χ3v) is 5.97. The molecule has 2 aliphatic rings. The molecule has 0 saturated carbocycles. The second-order valence-electron chi connectivity index (χ2n) is 7.36. The van der Waals surface area contributed by atoms with E-state index in [4.69, 9.17) is 16.3 Å². The topological polar surface area (TPSA) is 78.9 Å². The van der Waals surface area contributed by atoms with Gasteiger partial charge in [0.25, 0.3) is 0 Å². The maximum Gasteiger partial charge on any atom is 0.308 e. The Kier molecular flexibility index (Phi) is 7.08. The van der Waals surface area contributed by atoms with Gasteiger partial charge in [0.2, 0.25) is 11.8 Å². The van der Waals surface area contributed by atoms with Crippen molar-refractivity contribution in [3.05, 3.63) is 34.6 Å². The fourth-order valence-electron chi connectivity index (χ4n) is 3.89. The number of nitrogens with one attached hydrogen (secondary N) is 1. The number of hydrogen-bond acceptors (Lipinski definition) is 5. The van der Waals surface area contributed by atoms with Crippen LogP contribution in [0.2, 0.25) is 5.02 Å². The summed E-state index contributed by atoms with van der Waals surface area (Å²) in [6, 6.07) is 3.78. The zero-order valence-electron chi connectivity index (χ0n) is 16.3. The molecule has 29 heavy (non-hydrogen) atoms. The Balaban J connectivity index is 1.65. The lowest BCUT2D eigenvalue weighted by Gasteiger charge is -2.37. The van der Waals surface area contributed by atoms with Gasteiger partial charge in [-0.15, -0.1) is 0 Å². The third-order valence-electron chi connectivity index (χ3n) is 5.61. The Bertz CT molecular complexity index is 763. The van der Waals surface area contributed by atoms with Crippen molar-refractivity contribution in [2.75, 3.05) is 33.3 Å². The number of carbonyl (C=O) groups excluding carboxylic acids is 3. The number of esters is 1. The second kappa shape index (κ2) is 9.54. The minimum Gasteiger partial charge on any atom is -0.469 e. The monoisotopic (exact) mass is 425 g/mol. The smallest absolute Gasteiger partial charge is 0.308 e. The predicted octanol–water partition coefficient (Wildman–Crippen LogP) is 1.58. The largest absolute Gasteiger partial charge is 0.469 e. The van der Waals surface area contributed by atoms with E-state index in [1.165, 1.54) is 19.2 Å². The van der Waals surface area contributed by atoms with Gasteiger partial charge >= 0.3 is 5.97 Å². The van der Waals surface area contributed by atoms with Gasteiger partial charge in [-0.2, -0.15) is 0 Å². The molecule has 0 aliphatic carbocycles. The standard InChI is InChI=1S/C20H25ClFN3O4/c1-29-20(28)13-5-8-24(9-6-13)18(26)11-17-19(27)23-7-10-25(17)12-14-15(21)3-2-4-16(14)22/h2-4,13,17H,5-12H2,1H3,(H,23,27). The molecule has 1 N–H and O–H groups in total. The molecule has 3 rings (SSSR count). The Morgan fingerprint density at radius 1 is 1.28 bits per heavy atom. The highest BCUT2D eigenvalue weighted by atomic mass is 35.5. The first kappa shape index (κ1) is 21.5. The average Bonchev–Trinajstić information content (AvgIpc) is 2.72. The molecule has 0 spiro atoms. The van der Waals surface area contributed by atoms with Gasteiger partial charge in [0.05, 0.1) is 25.5 Å². The maximum atomic E-state index is 14.2. The van der Waals surface area contributed by atoms with Gasteiger partial charge < -0.3 is 15.0 Å². The van der Waals surface area contributed by atoms with Crippen LogP contribution in [-0.2, 0) is 25.7 Å². The van der Waals surface area contributed by atoms with Crippen molar-refractivity contribution in [1.82, 2.24) is 15.1 Å². The molecular weight excluding hydrogens is 401 g/mol. The maximum absolute atomic E-state index is 14.2. The lowest BCUT2D eigenvalue weighted by Crippen LogP contribution is -2.56. The number of piperazine rings is 1. The summed E-state index contributed by atoms with van der Waals surface area (Å²) in [7, 11) is 1.36. The summed E-state index contributed by atoms with van der Waals surface area (Å²) in [5.74, 6) is -1.28. The van der Waals surface area contributed by atoms with Gasteiger partial charge in [-0.1, -0.05) is 17.7 Å². The number of nitrogens with zero attached hydrogens (tertiary/aromatic N) is 2. The van der Waals surface area contributed by atoms with Crippen molar-refractivity contribution in [2.24, 2.45) is 5.92 Å². The van der Waals surface area contributed by atoms with E-state index in [1.807, 2.05) is 0 Å². The molecule has 1 unspecified atom stereocenters. The van der Waals surface area contributed by atoms with Gasteiger partial charge in [0.1, 0.15) is 5.82 Å². The van der Waals surface area contributed by atoms with E-state index in [9.17, 15) is 18.8 Å². The summed E-state index contributed by atoms with van der Waals surface area (Å²) in [4.78, 5) is 40.4. The highest BCUT2D eigenvalue weighted by Crippen LogP contribution is 2.24. The molecule has 1 atom stereocenters. The molecule has 7 nitrogen and oxygen atoms in total. The van der Waals surface area contributed by atoms with E-state index in [-0.39, 0.29) is 36.7 Å². The molecule has 0 radical (unpaired) electrons. The summed E-state index contributed by atoms with van der Waals surface area (Å²) in [5.41, 5.74) is 0.320. The zero-order valence-corrected chi connectivity index (χ0v) is 17.1. The number of amides is 2. The highest BCUT2D eigenvalue weighted by molar-refractivity contribution is 6.31. The molecule has 0 bridgehead atoms. The van der Waals surface area contributed by atoms with Crippen molar-refractivity contribution in [3.8, 4) is 0 Å². The van der Waals surface area contributed by atoms with Crippen molar-refractivity contribution in [3.63, 3.8) is 0 Å². The molecule has 2 amide bonds. The summed E-state index contributed by atoms with van der Waals surface area (Å²) in [5, 5.41) is 3.07. The van der Waals surface area contributed by atoms with Crippen molar-refractivity contribution in [1.29, 1.82) is 0 Å². The lowest BCUT2D eigenvalue weighted by molar-refractivity contribution is -0.149. The van der Waals surface area contributed by atoms with Gasteiger partial charge in [-0.3, -0.25) is 19.3 Å². The lowest BCUT2D eigenvalue weighted by atomic mass is 9.96. The number of likely N-dealkylation sites (tertiary alicyclic amines) is 1. The first-order chi connectivity index (χ1) is 13.9. The normalized spacial score (nSPS) is 21.0. The fourth-order valence-corrected chi connectivity index (χ4v) is 4.11. The Morgan fingerprint density at radius 3 is 2.66 bits per heavy atom. The number of methoxy groups -OCH3 is 1. The van der Waals surface area contributed by atoms with E-state index >= 15 is 0 Å². The number of ether oxygens (including phenoxy) is 1. The first-order valence-electron chi connectivity index (χ1n) is 9.71. The van der Waals surface area contributed by atoms with Crippen LogP contribution in [0, 0.1) is 11.7 Å². The summed E-state index contributed by atoms with van der Waals surface area (Å²) < 4.78 is 19.0. The summed E-state index contributed by atoms with van der Waals surface area (Å²) in [6.45, 7) is 1.98. The van der Waals surface area contributed by atoms with Gasteiger partial charge in [0, 0.05) is 43.3 Å². The van der Waals surface area contributed by atoms with Crippen LogP contribution >= 0.6 is 11.6 Å². The second-order valence-corrected chi connectivity index (χ2v) is 7.77. The minimum atomic E-state index is -0.690. The molecule has 9 heteroatoms. The molecule has 1 aromatic carbocycles. The number of piperidine rings is 1. The van der Waals surface area contributed by atoms with Crippen molar-refractivity contribution >= 4 is 29.4 Å². The Hall–Kier alpha value is -2.19. The Labute approximate surface area is 174 Å². The van der Waals surface area contributed by atoms with Crippen molar-refractivity contribution < 1.29 is 23.5 Å².